The number of rotatable bonds is 9. The molecule has 0 aromatic heterocycles. The van der Waals surface area contributed by atoms with E-state index in [0.717, 1.165) is 22.3 Å². The predicted octanol–water partition coefficient (Wildman–Crippen LogP) is 3.37. The molecule has 1 saturated heterocycles. The van der Waals surface area contributed by atoms with Gasteiger partial charge in [-0.2, -0.15) is 0 Å². The quantitative estimate of drug-likeness (QED) is 0.247. The largest absolute Gasteiger partial charge is 0.462 e. The SMILES string of the molecule is OCC1O[C@@H](Oc2ccc(COC(c3ccccc3)(c3ccccc3)c3ccccc3)cc2)[C@@H](O)C(O)[C@H]1O. The summed E-state index contributed by atoms with van der Waals surface area (Å²) < 4.78 is 18.0. The normalized spacial score (nSPS) is 23.3. The van der Waals surface area contributed by atoms with Gasteiger partial charge in [0, 0.05) is 0 Å². The van der Waals surface area contributed by atoms with Gasteiger partial charge in [-0.15, -0.1) is 0 Å². The van der Waals surface area contributed by atoms with E-state index in [4.69, 9.17) is 14.2 Å². The van der Waals surface area contributed by atoms with Crippen molar-refractivity contribution in [2.75, 3.05) is 6.61 Å². The summed E-state index contributed by atoms with van der Waals surface area (Å²) in [7, 11) is 0. The predicted molar refractivity (Wildman–Crippen MR) is 145 cm³/mol. The Kier molecular flexibility index (Phi) is 8.38. The smallest absolute Gasteiger partial charge is 0.229 e. The zero-order valence-electron chi connectivity index (χ0n) is 21.3. The molecule has 5 atom stereocenters. The molecule has 1 aliphatic rings. The van der Waals surface area contributed by atoms with Crippen molar-refractivity contribution < 1.29 is 34.6 Å². The van der Waals surface area contributed by atoms with Gasteiger partial charge in [0.2, 0.25) is 6.29 Å². The van der Waals surface area contributed by atoms with Gasteiger partial charge >= 0.3 is 0 Å². The fraction of sp³-hybridized carbons (Fsp3) is 0.250. The Labute approximate surface area is 227 Å². The van der Waals surface area contributed by atoms with Crippen LogP contribution < -0.4 is 4.74 Å². The Hall–Kier alpha value is -3.56. The van der Waals surface area contributed by atoms with Gasteiger partial charge in [-0.25, -0.2) is 0 Å². The number of hydrogen-bond donors (Lipinski definition) is 4. The molecule has 7 heteroatoms. The van der Waals surface area contributed by atoms with Crippen LogP contribution in [-0.4, -0.2) is 57.7 Å². The first-order valence-corrected chi connectivity index (χ1v) is 12.9. The molecular formula is C32H32O7. The van der Waals surface area contributed by atoms with Gasteiger partial charge in [-0.3, -0.25) is 0 Å². The second-order valence-corrected chi connectivity index (χ2v) is 9.53. The molecule has 0 amide bonds. The lowest BCUT2D eigenvalue weighted by Gasteiger charge is -2.39. The Balaban J connectivity index is 1.39. The maximum atomic E-state index is 10.3. The zero-order valence-corrected chi connectivity index (χ0v) is 21.3. The van der Waals surface area contributed by atoms with E-state index < -0.39 is 42.9 Å². The Morgan fingerprint density at radius 1 is 0.615 bits per heavy atom. The van der Waals surface area contributed by atoms with E-state index in [-0.39, 0.29) is 0 Å². The first-order chi connectivity index (χ1) is 19.0. The minimum atomic E-state index is -1.50. The second kappa shape index (κ2) is 12.1. The molecule has 0 bridgehead atoms. The number of aliphatic hydroxyl groups excluding tert-OH is 4. The van der Waals surface area contributed by atoms with Crippen LogP contribution in [0.2, 0.25) is 0 Å². The monoisotopic (exact) mass is 528 g/mol. The molecule has 1 heterocycles. The molecule has 2 unspecified atom stereocenters. The van der Waals surface area contributed by atoms with Crippen LogP contribution in [0.4, 0.5) is 0 Å². The third-order valence-corrected chi connectivity index (χ3v) is 7.02. The summed E-state index contributed by atoms with van der Waals surface area (Å²) in [4.78, 5) is 0. The van der Waals surface area contributed by atoms with Gasteiger partial charge in [0.1, 0.15) is 35.8 Å². The van der Waals surface area contributed by atoms with Gasteiger partial charge in [0.15, 0.2) is 0 Å². The number of hydrogen-bond acceptors (Lipinski definition) is 7. The van der Waals surface area contributed by atoms with E-state index in [1.807, 2.05) is 66.7 Å². The molecule has 0 aliphatic carbocycles. The lowest BCUT2D eigenvalue weighted by Crippen LogP contribution is -2.60. The van der Waals surface area contributed by atoms with Crippen LogP contribution in [0.15, 0.2) is 115 Å². The van der Waals surface area contributed by atoms with Crippen molar-refractivity contribution in [1.82, 2.24) is 0 Å². The molecule has 5 rings (SSSR count). The zero-order chi connectivity index (χ0) is 27.2. The summed E-state index contributed by atoms with van der Waals surface area (Å²) in [6.07, 6.45) is -6.71. The summed E-state index contributed by atoms with van der Waals surface area (Å²) in [5, 5.41) is 39.7. The fourth-order valence-corrected chi connectivity index (χ4v) is 4.92. The summed E-state index contributed by atoms with van der Waals surface area (Å²) >= 11 is 0. The van der Waals surface area contributed by atoms with E-state index >= 15 is 0 Å². The Morgan fingerprint density at radius 3 is 1.56 bits per heavy atom. The Bertz CT molecular complexity index is 1200. The molecule has 0 spiro atoms. The second-order valence-electron chi connectivity index (χ2n) is 9.53. The van der Waals surface area contributed by atoms with Crippen LogP contribution in [0, 0.1) is 0 Å². The van der Waals surface area contributed by atoms with Crippen molar-refractivity contribution in [2.24, 2.45) is 0 Å². The topological polar surface area (TPSA) is 109 Å². The maximum absolute atomic E-state index is 10.3. The summed E-state index contributed by atoms with van der Waals surface area (Å²) in [6, 6.07) is 37.5. The number of benzene rings is 4. The minimum absolute atomic E-state index is 0.291. The van der Waals surface area contributed by atoms with E-state index in [1.54, 1.807) is 12.1 Å². The van der Waals surface area contributed by atoms with E-state index in [2.05, 4.69) is 36.4 Å². The summed E-state index contributed by atoms with van der Waals surface area (Å²) in [5.74, 6) is 0.392. The standard InChI is InChI=1S/C32H32O7/c33-20-27-28(34)29(35)30(36)31(39-27)38-26-18-16-22(17-19-26)21-37-32(23-10-4-1-5-11-23,24-12-6-2-7-13-24)25-14-8-3-9-15-25/h1-19,27-31,33-36H,20-21H2/t27?,28-,29?,30-,31+/m0/s1. The lowest BCUT2D eigenvalue weighted by molar-refractivity contribution is -0.277. The third kappa shape index (κ3) is 5.60. The van der Waals surface area contributed by atoms with E-state index in [1.165, 1.54) is 0 Å². The van der Waals surface area contributed by atoms with Crippen molar-refractivity contribution in [1.29, 1.82) is 0 Å². The highest BCUT2D eigenvalue weighted by Crippen LogP contribution is 2.41. The molecular weight excluding hydrogens is 496 g/mol. The third-order valence-electron chi connectivity index (χ3n) is 7.02. The molecule has 4 N–H and O–H groups in total. The first kappa shape index (κ1) is 27.0. The first-order valence-electron chi connectivity index (χ1n) is 12.9. The van der Waals surface area contributed by atoms with Gasteiger partial charge in [-0.1, -0.05) is 103 Å². The number of aliphatic hydroxyl groups is 4. The van der Waals surface area contributed by atoms with E-state index in [0.29, 0.717) is 12.4 Å². The highest BCUT2D eigenvalue weighted by atomic mass is 16.7. The van der Waals surface area contributed by atoms with Crippen molar-refractivity contribution in [3.05, 3.63) is 138 Å². The minimum Gasteiger partial charge on any atom is -0.462 e. The molecule has 4 aromatic rings. The van der Waals surface area contributed by atoms with Crippen LogP contribution >= 0.6 is 0 Å². The van der Waals surface area contributed by atoms with Crippen LogP contribution in [0.3, 0.4) is 0 Å². The van der Waals surface area contributed by atoms with Crippen molar-refractivity contribution in [3.63, 3.8) is 0 Å². The molecule has 4 aromatic carbocycles. The van der Waals surface area contributed by atoms with Crippen LogP contribution in [-0.2, 0) is 21.7 Å². The molecule has 7 nitrogen and oxygen atoms in total. The Morgan fingerprint density at radius 2 is 1.10 bits per heavy atom. The van der Waals surface area contributed by atoms with Crippen molar-refractivity contribution >= 4 is 0 Å². The molecule has 1 aliphatic heterocycles. The van der Waals surface area contributed by atoms with Crippen molar-refractivity contribution in [2.45, 2.75) is 42.9 Å². The molecule has 0 radical (unpaired) electrons. The van der Waals surface area contributed by atoms with Gasteiger partial charge < -0.3 is 34.6 Å². The summed E-state index contributed by atoms with van der Waals surface area (Å²) in [5.41, 5.74) is 3.05. The molecule has 39 heavy (non-hydrogen) atoms. The molecule has 202 valence electrons. The lowest BCUT2D eigenvalue weighted by atomic mass is 9.80. The highest BCUT2D eigenvalue weighted by molar-refractivity contribution is 5.47. The highest BCUT2D eigenvalue weighted by Gasteiger charge is 2.44. The van der Waals surface area contributed by atoms with Gasteiger partial charge in [-0.05, 0) is 34.4 Å². The van der Waals surface area contributed by atoms with E-state index in [9.17, 15) is 20.4 Å². The average Bonchev–Trinajstić information content (AvgIpc) is 3.00. The number of ether oxygens (including phenoxy) is 3. The van der Waals surface area contributed by atoms with Gasteiger partial charge in [0.05, 0.1) is 13.2 Å². The maximum Gasteiger partial charge on any atom is 0.229 e. The van der Waals surface area contributed by atoms with Crippen LogP contribution in [0.25, 0.3) is 0 Å². The molecule has 0 saturated carbocycles. The summed E-state index contributed by atoms with van der Waals surface area (Å²) in [6.45, 7) is -0.230. The fourth-order valence-electron chi connectivity index (χ4n) is 4.92. The van der Waals surface area contributed by atoms with Crippen LogP contribution in [0.1, 0.15) is 22.3 Å². The van der Waals surface area contributed by atoms with Gasteiger partial charge in [0.25, 0.3) is 0 Å². The van der Waals surface area contributed by atoms with Crippen LogP contribution in [0.5, 0.6) is 5.75 Å². The molecule has 1 fully saturated rings. The average molecular weight is 529 g/mol. The van der Waals surface area contributed by atoms with Crippen molar-refractivity contribution in [3.8, 4) is 5.75 Å².